The molecule has 1 amide bonds. The molecule has 0 aliphatic carbocycles. The fourth-order valence-electron chi connectivity index (χ4n) is 2.69. The van der Waals surface area contributed by atoms with Gasteiger partial charge in [-0.25, -0.2) is 8.42 Å². The van der Waals surface area contributed by atoms with Crippen LogP contribution in [0, 0.1) is 6.92 Å². The fourth-order valence-corrected chi connectivity index (χ4v) is 4.18. The number of likely N-dealkylation sites (N-methyl/N-ethyl adjacent to an activating group) is 1. The molecule has 0 bridgehead atoms. The molecule has 8 heteroatoms. The molecule has 0 aliphatic rings. The Morgan fingerprint density at radius 3 is 2.29 bits per heavy atom. The second-order valence-electron chi connectivity index (χ2n) is 6.19. The molecule has 1 N–H and O–H groups in total. The van der Waals surface area contributed by atoms with Crippen LogP contribution < -0.4 is 14.8 Å². The molecular formula is C20H26N2O5S. The maximum absolute atomic E-state index is 12.9. The van der Waals surface area contributed by atoms with E-state index in [0.29, 0.717) is 17.9 Å². The van der Waals surface area contributed by atoms with E-state index in [-0.39, 0.29) is 23.9 Å². The molecule has 0 unspecified atom stereocenters. The van der Waals surface area contributed by atoms with E-state index in [9.17, 15) is 13.2 Å². The van der Waals surface area contributed by atoms with Crippen molar-refractivity contribution in [1.82, 2.24) is 9.62 Å². The third kappa shape index (κ3) is 5.24. The first kappa shape index (κ1) is 21.7. The van der Waals surface area contributed by atoms with E-state index < -0.39 is 10.0 Å². The van der Waals surface area contributed by atoms with Crippen molar-refractivity contribution in [2.24, 2.45) is 0 Å². The summed E-state index contributed by atoms with van der Waals surface area (Å²) in [5.41, 5.74) is 1.61. The van der Waals surface area contributed by atoms with Gasteiger partial charge in [0, 0.05) is 13.1 Å². The van der Waals surface area contributed by atoms with Crippen LogP contribution in [0.15, 0.2) is 47.4 Å². The predicted octanol–water partition coefficient (Wildman–Crippen LogP) is 2.34. The van der Waals surface area contributed by atoms with Crippen LogP contribution in [0.1, 0.15) is 18.1 Å². The normalized spacial score (nSPS) is 11.3. The highest BCUT2D eigenvalue weighted by Crippen LogP contribution is 2.23. The number of hydrogen-bond acceptors (Lipinski definition) is 5. The lowest BCUT2D eigenvalue weighted by molar-refractivity contribution is -0.121. The monoisotopic (exact) mass is 406 g/mol. The molecule has 0 radical (unpaired) electrons. The molecule has 2 rings (SSSR count). The van der Waals surface area contributed by atoms with Crippen LogP contribution in [0.5, 0.6) is 11.5 Å². The predicted molar refractivity (Wildman–Crippen MR) is 107 cm³/mol. The Kier molecular flexibility index (Phi) is 7.42. The van der Waals surface area contributed by atoms with E-state index in [2.05, 4.69) is 5.32 Å². The minimum atomic E-state index is -3.79. The number of ether oxygens (including phenoxy) is 2. The Morgan fingerprint density at radius 2 is 1.75 bits per heavy atom. The van der Waals surface area contributed by atoms with Gasteiger partial charge < -0.3 is 14.8 Å². The summed E-state index contributed by atoms with van der Waals surface area (Å²) in [6.07, 6.45) is 0. The number of amides is 1. The first-order valence-corrected chi connectivity index (χ1v) is 10.3. The summed E-state index contributed by atoms with van der Waals surface area (Å²) in [6, 6.07) is 11.9. The average Bonchev–Trinajstić information content (AvgIpc) is 2.70. The number of benzene rings is 2. The SMILES string of the molecule is CCN(CC(=O)NCc1ccc(OC)cc1)S(=O)(=O)c1ccc(OC)c(C)c1. The third-order valence-electron chi connectivity index (χ3n) is 4.33. The van der Waals surface area contributed by atoms with Gasteiger partial charge in [0.2, 0.25) is 15.9 Å². The number of rotatable bonds is 9. The van der Waals surface area contributed by atoms with Gasteiger partial charge in [0.05, 0.1) is 25.7 Å². The summed E-state index contributed by atoms with van der Waals surface area (Å²) in [5.74, 6) is 0.971. The second-order valence-corrected chi connectivity index (χ2v) is 8.13. The molecule has 0 saturated heterocycles. The minimum Gasteiger partial charge on any atom is -0.497 e. The highest BCUT2D eigenvalue weighted by molar-refractivity contribution is 7.89. The standard InChI is InChI=1S/C20H26N2O5S/c1-5-22(28(24,25)18-10-11-19(27-4)15(2)12-18)14-20(23)21-13-16-6-8-17(26-3)9-7-16/h6-12H,5,13-14H2,1-4H3,(H,21,23). The van der Waals surface area contributed by atoms with E-state index >= 15 is 0 Å². The largest absolute Gasteiger partial charge is 0.497 e. The van der Waals surface area contributed by atoms with Gasteiger partial charge in [-0.3, -0.25) is 4.79 Å². The molecule has 0 heterocycles. The van der Waals surface area contributed by atoms with Crippen molar-refractivity contribution in [2.45, 2.75) is 25.3 Å². The second kappa shape index (κ2) is 9.57. The van der Waals surface area contributed by atoms with Crippen LogP contribution in [0.4, 0.5) is 0 Å². The lowest BCUT2D eigenvalue weighted by Crippen LogP contribution is -2.40. The molecule has 2 aromatic rings. The fraction of sp³-hybridized carbons (Fsp3) is 0.350. The maximum atomic E-state index is 12.9. The minimum absolute atomic E-state index is 0.135. The van der Waals surface area contributed by atoms with Gasteiger partial charge in [0.1, 0.15) is 11.5 Å². The van der Waals surface area contributed by atoms with Crippen molar-refractivity contribution in [1.29, 1.82) is 0 Å². The van der Waals surface area contributed by atoms with E-state index in [0.717, 1.165) is 15.6 Å². The third-order valence-corrected chi connectivity index (χ3v) is 6.24. The highest BCUT2D eigenvalue weighted by Gasteiger charge is 2.25. The molecule has 2 aromatic carbocycles. The summed E-state index contributed by atoms with van der Waals surface area (Å²) < 4.78 is 37.2. The number of nitrogens with one attached hydrogen (secondary N) is 1. The molecular weight excluding hydrogens is 380 g/mol. The number of methoxy groups -OCH3 is 2. The zero-order valence-corrected chi connectivity index (χ0v) is 17.4. The number of hydrogen-bond donors (Lipinski definition) is 1. The summed E-state index contributed by atoms with van der Waals surface area (Å²) >= 11 is 0. The summed E-state index contributed by atoms with van der Waals surface area (Å²) in [5, 5.41) is 2.75. The molecule has 0 atom stereocenters. The van der Waals surface area contributed by atoms with E-state index in [1.165, 1.54) is 13.2 Å². The van der Waals surface area contributed by atoms with Crippen LogP contribution in [-0.4, -0.2) is 45.9 Å². The van der Waals surface area contributed by atoms with Crippen LogP contribution in [0.25, 0.3) is 0 Å². The Bertz CT molecular complexity index is 911. The van der Waals surface area contributed by atoms with Gasteiger partial charge in [-0.15, -0.1) is 0 Å². The van der Waals surface area contributed by atoms with Gasteiger partial charge in [-0.05, 0) is 48.4 Å². The zero-order valence-electron chi connectivity index (χ0n) is 16.6. The molecule has 0 aromatic heterocycles. The Hall–Kier alpha value is -2.58. The molecule has 0 aliphatic heterocycles. The van der Waals surface area contributed by atoms with Crippen molar-refractivity contribution in [3.8, 4) is 11.5 Å². The average molecular weight is 407 g/mol. The molecule has 0 fully saturated rings. The lowest BCUT2D eigenvalue weighted by Gasteiger charge is -2.20. The topological polar surface area (TPSA) is 84.9 Å². The molecule has 28 heavy (non-hydrogen) atoms. The number of carbonyl (C=O) groups excluding carboxylic acids is 1. The number of nitrogens with zero attached hydrogens (tertiary/aromatic N) is 1. The van der Waals surface area contributed by atoms with Crippen molar-refractivity contribution in [2.75, 3.05) is 27.3 Å². The van der Waals surface area contributed by atoms with Gasteiger partial charge in [-0.1, -0.05) is 19.1 Å². The number of sulfonamides is 1. The first-order valence-electron chi connectivity index (χ1n) is 8.86. The Balaban J connectivity index is 2.04. The van der Waals surface area contributed by atoms with Gasteiger partial charge in [-0.2, -0.15) is 4.31 Å². The maximum Gasteiger partial charge on any atom is 0.243 e. The van der Waals surface area contributed by atoms with E-state index in [1.807, 2.05) is 12.1 Å². The summed E-state index contributed by atoms with van der Waals surface area (Å²) in [6.45, 7) is 3.71. The van der Waals surface area contributed by atoms with Crippen molar-refractivity contribution in [3.63, 3.8) is 0 Å². The quantitative estimate of drug-likeness (QED) is 0.691. The Morgan fingerprint density at radius 1 is 1.07 bits per heavy atom. The molecule has 0 spiro atoms. The lowest BCUT2D eigenvalue weighted by atomic mass is 10.2. The molecule has 0 saturated carbocycles. The van der Waals surface area contributed by atoms with Crippen LogP contribution in [-0.2, 0) is 21.4 Å². The summed E-state index contributed by atoms with van der Waals surface area (Å²) in [4.78, 5) is 12.4. The van der Waals surface area contributed by atoms with Crippen molar-refractivity contribution < 1.29 is 22.7 Å². The van der Waals surface area contributed by atoms with Gasteiger partial charge in [0.15, 0.2) is 0 Å². The van der Waals surface area contributed by atoms with Crippen molar-refractivity contribution in [3.05, 3.63) is 53.6 Å². The molecule has 152 valence electrons. The van der Waals surface area contributed by atoms with Crippen LogP contribution >= 0.6 is 0 Å². The van der Waals surface area contributed by atoms with Gasteiger partial charge >= 0.3 is 0 Å². The highest BCUT2D eigenvalue weighted by atomic mass is 32.2. The van der Waals surface area contributed by atoms with E-state index in [4.69, 9.17) is 9.47 Å². The summed E-state index contributed by atoms with van der Waals surface area (Å²) in [7, 11) is -0.671. The van der Waals surface area contributed by atoms with Crippen LogP contribution in [0.2, 0.25) is 0 Å². The van der Waals surface area contributed by atoms with Crippen LogP contribution in [0.3, 0.4) is 0 Å². The number of aryl methyl sites for hydroxylation is 1. The number of carbonyl (C=O) groups is 1. The zero-order chi connectivity index (χ0) is 20.7. The Labute approximate surface area is 166 Å². The van der Waals surface area contributed by atoms with E-state index in [1.54, 1.807) is 45.2 Å². The smallest absolute Gasteiger partial charge is 0.243 e. The van der Waals surface area contributed by atoms with Gasteiger partial charge in [0.25, 0.3) is 0 Å². The molecule has 7 nitrogen and oxygen atoms in total. The van der Waals surface area contributed by atoms with Crippen molar-refractivity contribution >= 4 is 15.9 Å². The first-order chi connectivity index (χ1) is 13.3.